The number of halogens is 2. The smallest absolute Gasteiger partial charge is 0.217 e. The summed E-state index contributed by atoms with van der Waals surface area (Å²) in [5.41, 5.74) is 6.75. The van der Waals surface area contributed by atoms with Crippen LogP contribution in [0.1, 0.15) is 57.4 Å². The Labute approximate surface area is 155 Å². The molecule has 1 amide bonds. The van der Waals surface area contributed by atoms with Crippen LogP contribution in [0.15, 0.2) is 18.2 Å². The summed E-state index contributed by atoms with van der Waals surface area (Å²) in [4.78, 5) is 10.7. The maximum Gasteiger partial charge on any atom is 0.217 e. The van der Waals surface area contributed by atoms with Gasteiger partial charge in [0.25, 0.3) is 0 Å². The number of carbonyl (C=O) groups is 1. The van der Waals surface area contributed by atoms with Gasteiger partial charge in [-0.1, -0.05) is 42.6 Å². The van der Waals surface area contributed by atoms with Gasteiger partial charge in [0, 0.05) is 6.42 Å². The molecular formula is C19H28Cl2N2O. The average Bonchev–Trinajstić information content (AvgIpc) is 2.49. The maximum atomic E-state index is 10.7. The first-order valence-electron chi connectivity index (χ1n) is 8.87. The molecule has 0 heterocycles. The van der Waals surface area contributed by atoms with Crippen molar-refractivity contribution in [3.05, 3.63) is 33.8 Å². The van der Waals surface area contributed by atoms with E-state index in [1.165, 1.54) is 31.2 Å². The van der Waals surface area contributed by atoms with Gasteiger partial charge in [-0.15, -0.1) is 0 Å². The number of nitrogens with one attached hydrogen (secondary N) is 1. The molecule has 2 rings (SSSR count). The lowest BCUT2D eigenvalue weighted by Gasteiger charge is -2.44. The van der Waals surface area contributed by atoms with Gasteiger partial charge in [0.15, 0.2) is 0 Å². The number of nitrogens with two attached hydrogens (primary N) is 1. The normalized spacial score (nSPS) is 17.3. The van der Waals surface area contributed by atoms with Crippen molar-refractivity contribution in [2.75, 3.05) is 13.1 Å². The Kier molecular flexibility index (Phi) is 7.39. The van der Waals surface area contributed by atoms with Gasteiger partial charge in [-0.25, -0.2) is 0 Å². The van der Waals surface area contributed by atoms with Gasteiger partial charge in [0.2, 0.25) is 5.91 Å². The zero-order valence-corrected chi connectivity index (χ0v) is 15.9. The molecule has 24 heavy (non-hydrogen) atoms. The van der Waals surface area contributed by atoms with E-state index in [4.69, 9.17) is 28.9 Å². The Morgan fingerprint density at radius 3 is 2.62 bits per heavy atom. The van der Waals surface area contributed by atoms with Crippen LogP contribution in [0.2, 0.25) is 10.0 Å². The van der Waals surface area contributed by atoms with E-state index in [1.807, 2.05) is 6.07 Å². The molecule has 134 valence electrons. The highest BCUT2D eigenvalue weighted by Gasteiger charge is 2.39. The van der Waals surface area contributed by atoms with Gasteiger partial charge in [0.1, 0.15) is 0 Å². The summed E-state index contributed by atoms with van der Waals surface area (Å²) in [6.07, 6.45) is 7.37. The van der Waals surface area contributed by atoms with Crippen LogP contribution in [0.4, 0.5) is 0 Å². The molecule has 0 saturated heterocycles. The molecule has 5 heteroatoms. The molecule has 0 aliphatic heterocycles. The average molecular weight is 371 g/mol. The molecule has 0 spiro atoms. The van der Waals surface area contributed by atoms with Gasteiger partial charge in [-0.3, -0.25) is 4.79 Å². The number of primary amides is 1. The van der Waals surface area contributed by atoms with Gasteiger partial charge in [-0.2, -0.15) is 0 Å². The van der Waals surface area contributed by atoms with E-state index >= 15 is 0 Å². The standard InChI is InChI=1S/C19H28Cl2N2O/c1-14(7-11-23-10-2-4-18(22)24)13-19(8-3-9-19)15-5-6-16(20)17(21)12-15/h5-6,12,14,23H,2-4,7-11,13H2,1H3,(H2,22,24). The van der Waals surface area contributed by atoms with Crippen LogP contribution in [0.25, 0.3) is 0 Å². The molecule has 1 aromatic carbocycles. The van der Waals surface area contributed by atoms with Crippen LogP contribution < -0.4 is 11.1 Å². The first-order chi connectivity index (χ1) is 11.4. The summed E-state index contributed by atoms with van der Waals surface area (Å²) in [5, 5.41) is 4.69. The third-order valence-electron chi connectivity index (χ3n) is 5.17. The van der Waals surface area contributed by atoms with Crippen LogP contribution in [0.5, 0.6) is 0 Å². The summed E-state index contributed by atoms with van der Waals surface area (Å²) in [6.45, 7) is 4.16. The van der Waals surface area contributed by atoms with Gasteiger partial charge < -0.3 is 11.1 Å². The quantitative estimate of drug-likeness (QED) is 0.587. The molecular weight excluding hydrogens is 343 g/mol. The van der Waals surface area contributed by atoms with Crippen LogP contribution in [0.3, 0.4) is 0 Å². The third kappa shape index (κ3) is 5.37. The van der Waals surface area contributed by atoms with E-state index in [-0.39, 0.29) is 11.3 Å². The van der Waals surface area contributed by atoms with Crippen LogP contribution >= 0.6 is 23.2 Å². The molecule has 1 unspecified atom stereocenters. The van der Waals surface area contributed by atoms with Gasteiger partial charge in [0.05, 0.1) is 10.0 Å². The largest absolute Gasteiger partial charge is 0.370 e. The molecule has 1 aliphatic rings. The SMILES string of the molecule is CC(CCNCCCC(N)=O)CC1(c2ccc(Cl)c(Cl)c2)CCC1. The second kappa shape index (κ2) is 9.07. The first-order valence-corrected chi connectivity index (χ1v) is 9.63. The fourth-order valence-corrected chi connectivity index (χ4v) is 3.97. The fourth-order valence-electron chi connectivity index (χ4n) is 3.67. The van der Waals surface area contributed by atoms with Crippen molar-refractivity contribution in [2.24, 2.45) is 11.7 Å². The van der Waals surface area contributed by atoms with Crippen molar-refractivity contribution in [1.82, 2.24) is 5.32 Å². The maximum absolute atomic E-state index is 10.7. The number of benzene rings is 1. The minimum atomic E-state index is -0.223. The topological polar surface area (TPSA) is 55.1 Å². The van der Waals surface area contributed by atoms with Crippen molar-refractivity contribution in [2.45, 2.75) is 57.3 Å². The molecule has 1 saturated carbocycles. The molecule has 0 bridgehead atoms. The van der Waals surface area contributed by atoms with E-state index in [1.54, 1.807) is 0 Å². The van der Waals surface area contributed by atoms with Crippen LogP contribution in [0, 0.1) is 5.92 Å². The van der Waals surface area contributed by atoms with Crippen LogP contribution in [-0.2, 0) is 10.2 Å². The highest BCUT2D eigenvalue weighted by molar-refractivity contribution is 6.42. The molecule has 1 fully saturated rings. The van der Waals surface area contributed by atoms with E-state index in [0.717, 1.165) is 25.9 Å². The monoisotopic (exact) mass is 370 g/mol. The highest BCUT2D eigenvalue weighted by atomic mass is 35.5. The van der Waals surface area contributed by atoms with Gasteiger partial charge in [-0.05, 0) is 74.2 Å². The lowest BCUT2D eigenvalue weighted by Crippen LogP contribution is -2.36. The summed E-state index contributed by atoms with van der Waals surface area (Å²) in [7, 11) is 0. The summed E-state index contributed by atoms with van der Waals surface area (Å²) in [6, 6.07) is 6.12. The number of rotatable bonds is 10. The predicted molar refractivity (Wildman–Crippen MR) is 102 cm³/mol. The molecule has 1 atom stereocenters. The Morgan fingerprint density at radius 1 is 1.29 bits per heavy atom. The second-order valence-corrected chi connectivity index (χ2v) is 8.00. The highest BCUT2D eigenvalue weighted by Crippen LogP contribution is 2.49. The van der Waals surface area contributed by atoms with Gasteiger partial charge >= 0.3 is 0 Å². The van der Waals surface area contributed by atoms with E-state index in [9.17, 15) is 4.79 Å². The van der Waals surface area contributed by atoms with Crippen molar-refractivity contribution in [3.8, 4) is 0 Å². The zero-order chi connectivity index (χ0) is 17.6. The third-order valence-corrected chi connectivity index (χ3v) is 5.91. The molecule has 0 radical (unpaired) electrons. The number of carbonyl (C=O) groups excluding carboxylic acids is 1. The van der Waals surface area contributed by atoms with Crippen molar-refractivity contribution in [1.29, 1.82) is 0 Å². The Balaban J connectivity index is 1.79. The molecule has 1 aromatic rings. The zero-order valence-electron chi connectivity index (χ0n) is 14.4. The molecule has 3 nitrogen and oxygen atoms in total. The Bertz CT molecular complexity index is 558. The second-order valence-electron chi connectivity index (χ2n) is 7.18. The van der Waals surface area contributed by atoms with E-state index in [0.29, 0.717) is 22.4 Å². The van der Waals surface area contributed by atoms with E-state index in [2.05, 4.69) is 24.4 Å². The molecule has 1 aliphatic carbocycles. The lowest BCUT2D eigenvalue weighted by atomic mass is 9.60. The Morgan fingerprint density at radius 2 is 2.04 bits per heavy atom. The van der Waals surface area contributed by atoms with Crippen molar-refractivity contribution < 1.29 is 4.79 Å². The lowest BCUT2D eigenvalue weighted by molar-refractivity contribution is -0.118. The summed E-state index contributed by atoms with van der Waals surface area (Å²) >= 11 is 12.3. The summed E-state index contributed by atoms with van der Waals surface area (Å²) < 4.78 is 0. The minimum Gasteiger partial charge on any atom is -0.370 e. The predicted octanol–water partition coefficient (Wildman–Crippen LogP) is 4.69. The number of amides is 1. The first kappa shape index (κ1) is 19.6. The Hall–Kier alpha value is -0.770. The molecule has 0 aromatic heterocycles. The summed E-state index contributed by atoms with van der Waals surface area (Å²) in [5.74, 6) is 0.419. The van der Waals surface area contributed by atoms with Crippen LogP contribution in [-0.4, -0.2) is 19.0 Å². The van der Waals surface area contributed by atoms with E-state index < -0.39 is 0 Å². The van der Waals surface area contributed by atoms with Crippen molar-refractivity contribution in [3.63, 3.8) is 0 Å². The minimum absolute atomic E-state index is 0.223. The fraction of sp³-hybridized carbons (Fsp3) is 0.632. The molecule has 3 N–H and O–H groups in total. The van der Waals surface area contributed by atoms with Crippen molar-refractivity contribution >= 4 is 29.1 Å². The number of hydrogen-bond acceptors (Lipinski definition) is 2. The number of hydrogen-bond donors (Lipinski definition) is 2.